The molecule has 1 fully saturated rings. The van der Waals surface area contributed by atoms with Gasteiger partial charge in [-0.3, -0.25) is 0 Å². The van der Waals surface area contributed by atoms with E-state index in [4.69, 9.17) is 5.26 Å². The Morgan fingerprint density at radius 2 is 1.80 bits per heavy atom. The van der Waals surface area contributed by atoms with Crippen LogP contribution in [0.5, 0.6) is 0 Å². The molecule has 5 nitrogen and oxygen atoms in total. The third kappa shape index (κ3) is 3.45. The minimum absolute atomic E-state index is 0.552. The van der Waals surface area contributed by atoms with Gasteiger partial charge in [0.25, 0.3) is 10.2 Å². The highest BCUT2D eigenvalue weighted by Crippen LogP contribution is 2.14. The van der Waals surface area contributed by atoms with Gasteiger partial charge in [-0.25, -0.2) is 0 Å². The monoisotopic (exact) mass is 231 g/mol. The van der Waals surface area contributed by atoms with Crippen molar-refractivity contribution in [2.24, 2.45) is 0 Å². The van der Waals surface area contributed by atoms with E-state index in [1.807, 2.05) is 6.07 Å². The maximum Gasteiger partial charge on any atom is 0.280 e. The third-order valence-corrected chi connectivity index (χ3v) is 4.13. The van der Waals surface area contributed by atoms with Crippen molar-refractivity contribution >= 4 is 10.2 Å². The summed E-state index contributed by atoms with van der Waals surface area (Å²) in [5.41, 5.74) is -1.05. The van der Waals surface area contributed by atoms with E-state index in [2.05, 4.69) is 4.72 Å². The van der Waals surface area contributed by atoms with Crippen molar-refractivity contribution in [1.82, 2.24) is 9.03 Å². The van der Waals surface area contributed by atoms with Crippen LogP contribution in [0.2, 0.25) is 0 Å². The highest BCUT2D eigenvalue weighted by atomic mass is 32.2. The number of hydrogen-bond donors (Lipinski definition) is 1. The van der Waals surface area contributed by atoms with Crippen molar-refractivity contribution in [3.05, 3.63) is 0 Å². The Morgan fingerprint density at radius 3 is 2.27 bits per heavy atom. The summed E-state index contributed by atoms with van der Waals surface area (Å²) in [6.07, 6.45) is 2.87. The SMILES string of the molecule is CC(C)(C#N)NS(=O)(=O)N1CCCCC1. The minimum Gasteiger partial charge on any atom is -0.196 e. The fourth-order valence-electron chi connectivity index (χ4n) is 1.52. The zero-order valence-corrected chi connectivity index (χ0v) is 9.97. The van der Waals surface area contributed by atoms with E-state index in [1.54, 1.807) is 13.8 Å². The van der Waals surface area contributed by atoms with Crippen LogP contribution in [0.4, 0.5) is 0 Å². The Labute approximate surface area is 91.3 Å². The average molecular weight is 231 g/mol. The molecular formula is C9H17N3O2S. The summed E-state index contributed by atoms with van der Waals surface area (Å²) >= 11 is 0. The third-order valence-electron chi connectivity index (χ3n) is 2.32. The summed E-state index contributed by atoms with van der Waals surface area (Å²) in [5, 5.41) is 8.76. The predicted octanol–water partition coefficient (Wildman–Crippen LogP) is 0.609. The smallest absolute Gasteiger partial charge is 0.196 e. The van der Waals surface area contributed by atoms with Crippen molar-refractivity contribution < 1.29 is 8.42 Å². The highest BCUT2D eigenvalue weighted by Gasteiger charge is 2.30. The Hall–Kier alpha value is -0.640. The van der Waals surface area contributed by atoms with Gasteiger partial charge < -0.3 is 0 Å². The van der Waals surface area contributed by atoms with E-state index in [0.717, 1.165) is 19.3 Å². The standard InChI is InChI=1S/C9H17N3O2S/c1-9(2,8-10)11-15(13,14)12-6-4-3-5-7-12/h11H,3-7H2,1-2H3. The summed E-state index contributed by atoms with van der Waals surface area (Å²) in [7, 11) is -3.49. The van der Waals surface area contributed by atoms with E-state index in [9.17, 15) is 8.42 Å². The van der Waals surface area contributed by atoms with Crippen LogP contribution in [0.15, 0.2) is 0 Å². The molecule has 0 radical (unpaired) electrons. The first-order valence-corrected chi connectivity index (χ1v) is 6.52. The van der Waals surface area contributed by atoms with Crippen LogP contribution in [0.1, 0.15) is 33.1 Å². The molecule has 0 amide bonds. The van der Waals surface area contributed by atoms with Gasteiger partial charge >= 0.3 is 0 Å². The molecule has 0 spiro atoms. The number of nitriles is 1. The van der Waals surface area contributed by atoms with E-state index in [1.165, 1.54) is 4.31 Å². The van der Waals surface area contributed by atoms with Gasteiger partial charge in [-0.2, -0.15) is 22.7 Å². The second kappa shape index (κ2) is 4.47. The molecule has 1 aliphatic heterocycles. The summed E-state index contributed by atoms with van der Waals surface area (Å²) in [5.74, 6) is 0. The number of nitrogens with zero attached hydrogens (tertiary/aromatic N) is 2. The minimum atomic E-state index is -3.49. The van der Waals surface area contributed by atoms with Gasteiger partial charge in [0.15, 0.2) is 0 Å². The molecular weight excluding hydrogens is 214 g/mol. The summed E-state index contributed by atoms with van der Waals surface area (Å²) in [6, 6.07) is 1.92. The van der Waals surface area contributed by atoms with Gasteiger partial charge in [0.05, 0.1) is 6.07 Å². The Kier molecular flexibility index (Phi) is 3.71. The maximum atomic E-state index is 11.8. The summed E-state index contributed by atoms with van der Waals surface area (Å²) in [4.78, 5) is 0. The van der Waals surface area contributed by atoms with Gasteiger partial charge in [-0.15, -0.1) is 0 Å². The largest absolute Gasteiger partial charge is 0.280 e. The average Bonchev–Trinajstić information content (AvgIpc) is 2.18. The maximum absolute atomic E-state index is 11.8. The zero-order valence-electron chi connectivity index (χ0n) is 9.15. The van der Waals surface area contributed by atoms with Gasteiger partial charge in [0.2, 0.25) is 0 Å². The molecule has 0 atom stereocenters. The second-order valence-electron chi connectivity index (χ2n) is 4.30. The van der Waals surface area contributed by atoms with Crippen LogP contribution in [0.25, 0.3) is 0 Å². The van der Waals surface area contributed by atoms with Crippen molar-refractivity contribution in [2.45, 2.75) is 38.6 Å². The molecule has 15 heavy (non-hydrogen) atoms. The number of nitrogens with one attached hydrogen (secondary N) is 1. The summed E-state index contributed by atoms with van der Waals surface area (Å²) < 4.78 is 27.4. The Balaban J connectivity index is 2.71. The molecule has 1 N–H and O–H groups in total. The topological polar surface area (TPSA) is 73.2 Å². The summed E-state index contributed by atoms with van der Waals surface area (Å²) in [6.45, 7) is 4.21. The van der Waals surface area contributed by atoms with Crippen molar-refractivity contribution in [3.63, 3.8) is 0 Å². The first-order valence-electron chi connectivity index (χ1n) is 5.08. The molecule has 86 valence electrons. The molecule has 0 aliphatic carbocycles. The number of rotatable bonds is 3. The molecule has 0 aromatic rings. The first kappa shape index (κ1) is 12.4. The molecule has 0 saturated carbocycles. The molecule has 1 saturated heterocycles. The molecule has 0 aromatic carbocycles. The van der Waals surface area contributed by atoms with Crippen LogP contribution < -0.4 is 4.72 Å². The molecule has 1 heterocycles. The van der Waals surface area contributed by atoms with Crippen molar-refractivity contribution in [2.75, 3.05) is 13.1 Å². The Bertz CT molecular complexity index is 350. The lowest BCUT2D eigenvalue weighted by molar-refractivity contribution is 0.336. The fraction of sp³-hybridized carbons (Fsp3) is 0.889. The van der Waals surface area contributed by atoms with Gasteiger partial charge in [-0.1, -0.05) is 6.42 Å². The van der Waals surface area contributed by atoms with Crippen LogP contribution in [0, 0.1) is 11.3 Å². The lowest BCUT2D eigenvalue weighted by atomic mass is 10.1. The Morgan fingerprint density at radius 1 is 1.27 bits per heavy atom. The van der Waals surface area contributed by atoms with Gasteiger partial charge in [0, 0.05) is 13.1 Å². The van der Waals surface area contributed by atoms with Crippen LogP contribution in [-0.4, -0.2) is 31.4 Å². The van der Waals surface area contributed by atoms with Crippen LogP contribution in [0.3, 0.4) is 0 Å². The molecule has 1 rings (SSSR count). The first-order chi connectivity index (χ1) is 6.87. The highest BCUT2D eigenvalue weighted by molar-refractivity contribution is 7.87. The predicted molar refractivity (Wildman–Crippen MR) is 57.2 cm³/mol. The quantitative estimate of drug-likeness (QED) is 0.773. The molecule has 0 aromatic heterocycles. The van der Waals surface area contributed by atoms with E-state index in [-0.39, 0.29) is 0 Å². The number of hydrogen-bond acceptors (Lipinski definition) is 3. The van der Waals surface area contributed by atoms with Crippen molar-refractivity contribution in [3.8, 4) is 6.07 Å². The molecule has 6 heteroatoms. The van der Waals surface area contributed by atoms with E-state index in [0.29, 0.717) is 13.1 Å². The van der Waals surface area contributed by atoms with Gasteiger partial charge in [0.1, 0.15) is 5.54 Å². The normalized spacial score (nSPS) is 19.8. The molecule has 1 aliphatic rings. The molecule has 0 bridgehead atoms. The van der Waals surface area contributed by atoms with E-state index >= 15 is 0 Å². The van der Waals surface area contributed by atoms with Crippen LogP contribution >= 0.6 is 0 Å². The zero-order chi connectivity index (χ0) is 11.5. The fourth-order valence-corrected chi connectivity index (χ4v) is 3.07. The lowest BCUT2D eigenvalue weighted by Crippen LogP contribution is -2.50. The number of piperidine rings is 1. The van der Waals surface area contributed by atoms with Gasteiger partial charge in [-0.05, 0) is 26.7 Å². The second-order valence-corrected chi connectivity index (χ2v) is 5.97. The molecule has 0 unspecified atom stereocenters. The van der Waals surface area contributed by atoms with E-state index < -0.39 is 15.7 Å². The van der Waals surface area contributed by atoms with Crippen molar-refractivity contribution in [1.29, 1.82) is 5.26 Å². The van der Waals surface area contributed by atoms with Crippen LogP contribution in [-0.2, 0) is 10.2 Å². The lowest BCUT2D eigenvalue weighted by Gasteiger charge is -2.28.